The number of hydrogen-bond acceptors (Lipinski definition) is 6. The van der Waals surface area contributed by atoms with Gasteiger partial charge in [0.05, 0.1) is 11.3 Å². The van der Waals surface area contributed by atoms with Crippen LogP contribution in [-0.4, -0.2) is 20.8 Å². The smallest absolute Gasteiger partial charge is 0.312 e. The third-order valence-corrected chi connectivity index (χ3v) is 2.74. The van der Waals surface area contributed by atoms with Crippen LogP contribution < -0.4 is 16.0 Å². The van der Waals surface area contributed by atoms with E-state index in [-0.39, 0.29) is 22.2 Å². The highest BCUT2D eigenvalue weighted by molar-refractivity contribution is 6.31. The molecule has 0 aliphatic heterocycles. The van der Waals surface area contributed by atoms with Crippen LogP contribution in [0.25, 0.3) is 0 Å². The molecule has 0 aliphatic carbocycles. The Hall–Kier alpha value is -2.94. The lowest BCUT2D eigenvalue weighted by Crippen LogP contribution is -2.11. The van der Waals surface area contributed by atoms with Gasteiger partial charge in [0, 0.05) is 11.6 Å². The average Bonchev–Trinajstić information content (AvgIpc) is 2.43. The minimum Gasteiger partial charge on any atom is -0.430 e. The summed E-state index contributed by atoms with van der Waals surface area (Å²) < 4.78 is 5.16. The minimum absolute atomic E-state index is 0.0565. The predicted octanol–water partition coefficient (Wildman–Crippen LogP) is 1.22. The van der Waals surface area contributed by atoms with Crippen molar-refractivity contribution in [3.8, 4) is 11.6 Å². The summed E-state index contributed by atoms with van der Waals surface area (Å²) in [5.41, 5.74) is 3.83. The number of H-pyrrole nitrogens is 1. The van der Waals surface area contributed by atoms with Crippen LogP contribution in [0.15, 0.2) is 29.3 Å². The number of nitro benzene ring substituents is 1. The molecule has 0 fully saturated rings. The molecule has 21 heavy (non-hydrogen) atoms. The van der Waals surface area contributed by atoms with Crippen LogP contribution in [0.5, 0.6) is 11.6 Å². The van der Waals surface area contributed by atoms with Crippen LogP contribution in [0.4, 0.5) is 5.69 Å². The van der Waals surface area contributed by atoms with Crippen molar-refractivity contribution < 1.29 is 14.5 Å². The number of nitrogens with two attached hydrogens (primary N) is 1. The molecule has 0 radical (unpaired) electrons. The van der Waals surface area contributed by atoms with E-state index < -0.39 is 22.1 Å². The van der Waals surface area contributed by atoms with Crippen molar-refractivity contribution in [2.24, 2.45) is 5.73 Å². The van der Waals surface area contributed by atoms with E-state index in [1.165, 1.54) is 6.07 Å². The van der Waals surface area contributed by atoms with Crippen molar-refractivity contribution in [3.05, 3.63) is 55.6 Å². The molecule has 10 heteroatoms. The summed E-state index contributed by atoms with van der Waals surface area (Å²) in [4.78, 5) is 38.4. The Balaban J connectivity index is 2.49. The molecule has 3 N–H and O–H groups in total. The van der Waals surface area contributed by atoms with Crippen LogP contribution in [0.2, 0.25) is 5.02 Å². The maximum absolute atomic E-state index is 11.3. The first-order valence-corrected chi connectivity index (χ1v) is 5.77. The number of ether oxygens (including phenoxy) is 1. The molecule has 0 atom stereocenters. The van der Waals surface area contributed by atoms with E-state index in [2.05, 4.69) is 9.97 Å². The first-order chi connectivity index (χ1) is 9.90. The number of halogens is 1. The molecule has 0 bridgehead atoms. The highest BCUT2D eigenvalue weighted by Crippen LogP contribution is 2.32. The van der Waals surface area contributed by atoms with Crippen LogP contribution in [-0.2, 0) is 0 Å². The Morgan fingerprint density at radius 3 is 2.81 bits per heavy atom. The summed E-state index contributed by atoms with van der Waals surface area (Å²) in [7, 11) is 0. The zero-order valence-corrected chi connectivity index (χ0v) is 11.0. The number of hydrogen-bond donors (Lipinski definition) is 2. The van der Waals surface area contributed by atoms with Crippen molar-refractivity contribution in [1.82, 2.24) is 9.97 Å². The fraction of sp³-hybridized carbons (Fsp3) is 0. The molecule has 9 nitrogen and oxygen atoms in total. The van der Waals surface area contributed by atoms with Gasteiger partial charge in [0.2, 0.25) is 17.5 Å². The van der Waals surface area contributed by atoms with Crippen LogP contribution in [0, 0.1) is 10.1 Å². The Labute approximate surface area is 121 Å². The van der Waals surface area contributed by atoms with E-state index in [0.717, 1.165) is 18.5 Å². The van der Waals surface area contributed by atoms with Gasteiger partial charge in [-0.1, -0.05) is 11.6 Å². The van der Waals surface area contributed by atoms with Gasteiger partial charge in [-0.2, -0.15) is 0 Å². The fourth-order valence-electron chi connectivity index (χ4n) is 1.44. The second kappa shape index (κ2) is 5.59. The molecular weight excluding hydrogens is 304 g/mol. The third kappa shape index (κ3) is 2.98. The number of benzene rings is 1. The van der Waals surface area contributed by atoms with Crippen molar-refractivity contribution in [1.29, 1.82) is 0 Å². The number of nitro groups is 1. The van der Waals surface area contributed by atoms with Gasteiger partial charge in [-0.25, -0.2) is 4.98 Å². The van der Waals surface area contributed by atoms with Crippen molar-refractivity contribution >= 4 is 23.2 Å². The number of aromatic amines is 1. The number of aromatic nitrogens is 2. The Bertz CT molecular complexity index is 788. The maximum atomic E-state index is 11.3. The number of carbonyl (C=O) groups excluding carboxylic acids is 1. The van der Waals surface area contributed by atoms with E-state index in [1.54, 1.807) is 0 Å². The zero-order chi connectivity index (χ0) is 15.6. The molecule has 2 aromatic rings. The summed E-state index contributed by atoms with van der Waals surface area (Å²) in [5, 5.41) is 10.6. The number of primary amides is 1. The molecule has 1 aromatic carbocycles. The van der Waals surface area contributed by atoms with Crippen molar-refractivity contribution in [2.45, 2.75) is 0 Å². The topological polar surface area (TPSA) is 141 Å². The molecule has 1 amide bonds. The standard InChI is InChI=1S/C11H7ClN4O5/c12-8-10(18)14-4-15-11(8)21-7-2-1-5(9(13)17)3-6(7)16(19)20/h1-4H,(H2,13,17)(H,14,15,18). The highest BCUT2D eigenvalue weighted by atomic mass is 35.5. The second-order valence-electron chi connectivity index (χ2n) is 3.76. The van der Waals surface area contributed by atoms with Gasteiger partial charge in [-0.3, -0.25) is 19.7 Å². The van der Waals surface area contributed by atoms with Gasteiger partial charge < -0.3 is 15.5 Å². The average molecular weight is 311 g/mol. The quantitative estimate of drug-likeness (QED) is 0.642. The molecule has 1 aromatic heterocycles. The highest BCUT2D eigenvalue weighted by Gasteiger charge is 2.20. The molecule has 0 aliphatic rings. The van der Waals surface area contributed by atoms with Gasteiger partial charge in [0.15, 0.2) is 5.02 Å². The first kappa shape index (κ1) is 14.5. The van der Waals surface area contributed by atoms with E-state index in [4.69, 9.17) is 22.1 Å². The largest absolute Gasteiger partial charge is 0.430 e. The van der Waals surface area contributed by atoms with Crippen molar-refractivity contribution in [2.75, 3.05) is 0 Å². The second-order valence-corrected chi connectivity index (χ2v) is 4.13. The Morgan fingerprint density at radius 1 is 1.48 bits per heavy atom. The SMILES string of the molecule is NC(=O)c1ccc(Oc2nc[nH]c(=O)c2Cl)c([N+](=O)[O-])c1. The molecule has 108 valence electrons. The van der Waals surface area contributed by atoms with Crippen LogP contribution in [0.1, 0.15) is 10.4 Å². The predicted molar refractivity (Wildman–Crippen MR) is 71.6 cm³/mol. The summed E-state index contributed by atoms with van der Waals surface area (Å²) in [6, 6.07) is 3.36. The fourth-order valence-corrected chi connectivity index (χ4v) is 1.58. The first-order valence-electron chi connectivity index (χ1n) is 5.39. The third-order valence-electron chi connectivity index (χ3n) is 2.41. The van der Waals surface area contributed by atoms with Gasteiger partial charge >= 0.3 is 5.69 Å². The molecule has 0 unspecified atom stereocenters. The summed E-state index contributed by atoms with van der Waals surface area (Å²) >= 11 is 5.68. The van der Waals surface area contributed by atoms with Gasteiger partial charge in [-0.15, -0.1) is 0 Å². The summed E-state index contributed by atoms with van der Waals surface area (Å²) in [6.45, 7) is 0. The zero-order valence-electron chi connectivity index (χ0n) is 10.2. The molecular formula is C11H7ClN4O5. The van der Waals surface area contributed by atoms with Crippen molar-refractivity contribution in [3.63, 3.8) is 0 Å². The summed E-state index contributed by atoms with van der Waals surface area (Å²) in [6.07, 6.45) is 1.03. The lowest BCUT2D eigenvalue weighted by atomic mass is 10.2. The molecule has 0 saturated heterocycles. The van der Waals surface area contributed by atoms with Crippen LogP contribution >= 0.6 is 11.6 Å². The maximum Gasteiger partial charge on any atom is 0.312 e. The van der Waals surface area contributed by atoms with E-state index >= 15 is 0 Å². The van der Waals surface area contributed by atoms with Gasteiger partial charge in [-0.05, 0) is 12.1 Å². The minimum atomic E-state index is -0.822. The lowest BCUT2D eigenvalue weighted by molar-refractivity contribution is -0.385. The Morgan fingerprint density at radius 2 is 2.19 bits per heavy atom. The van der Waals surface area contributed by atoms with Gasteiger partial charge in [0.25, 0.3) is 5.56 Å². The number of amides is 1. The lowest BCUT2D eigenvalue weighted by Gasteiger charge is -2.06. The molecule has 0 saturated carbocycles. The van der Waals surface area contributed by atoms with E-state index in [9.17, 15) is 19.7 Å². The molecule has 1 heterocycles. The monoisotopic (exact) mass is 310 g/mol. The normalized spacial score (nSPS) is 10.1. The summed E-state index contributed by atoms with van der Waals surface area (Å²) in [5.74, 6) is -1.35. The van der Waals surface area contributed by atoms with Gasteiger partial charge in [0.1, 0.15) is 0 Å². The van der Waals surface area contributed by atoms with Crippen LogP contribution in [0.3, 0.4) is 0 Å². The number of carbonyl (C=O) groups is 1. The van der Waals surface area contributed by atoms with E-state index in [0.29, 0.717) is 0 Å². The molecule has 2 rings (SSSR count). The van der Waals surface area contributed by atoms with E-state index in [1.807, 2.05) is 0 Å². The Kier molecular flexibility index (Phi) is 3.85. The number of rotatable bonds is 4. The molecule has 0 spiro atoms. The number of nitrogens with zero attached hydrogens (tertiary/aromatic N) is 2. The number of nitrogens with one attached hydrogen (secondary N) is 1.